The van der Waals surface area contributed by atoms with E-state index in [9.17, 15) is 9.59 Å². The zero-order chi connectivity index (χ0) is 13.8. The van der Waals surface area contributed by atoms with Crippen molar-refractivity contribution in [3.05, 3.63) is 0 Å². The van der Waals surface area contributed by atoms with Crippen LogP contribution in [0.1, 0.15) is 32.6 Å². The zero-order valence-corrected chi connectivity index (χ0v) is 11.3. The number of carbonyl (C=O) groups is 2. The fourth-order valence-corrected chi connectivity index (χ4v) is 2.32. The lowest BCUT2D eigenvalue weighted by molar-refractivity contribution is -0.149. The van der Waals surface area contributed by atoms with Gasteiger partial charge >= 0.3 is 12.0 Å². The Kier molecular flexibility index (Phi) is 4.63. The van der Waals surface area contributed by atoms with Gasteiger partial charge in [-0.05, 0) is 38.5 Å². The van der Waals surface area contributed by atoms with Crippen LogP contribution in [0.3, 0.4) is 0 Å². The van der Waals surface area contributed by atoms with Gasteiger partial charge in [0.15, 0.2) is 6.10 Å². The van der Waals surface area contributed by atoms with Crippen LogP contribution in [0.25, 0.3) is 0 Å². The van der Waals surface area contributed by atoms with E-state index in [4.69, 9.17) is 9.84 Å². The van der Waals surface area contributed by atoms with Crippen LogP contribution in [0.2, 0.25) is 0 Å². The van der Waals surface area contributed by atoms with Crippen molar-refractivity contribution in [3.8, 4) is 0 Å². The van der Waals surface area contributed by atoms with Gasteiger partial charge in [-0.15, -0.1) is 0 Å². The first-order valence-corrected chi connectivity index (χ1v) is 7.01. The molecule has 0 aromatic carbocycles. The number of nitrogens with zero attached hydrogens (tertiary/aromatic N) is 1. The highest BCUT2D eigenvalue weighted by atomic mass is 16.5. The fourth-order valence-electron chi connectivity index (χ4n) is 2.32. The highest BCUT2D eigenvalue weighted by molar-refractivity contribution is 5.74. The number of carboxylic acid groups (broad SMARTS) is 1. The molecule has 0 spiro atoms. The molecule has 2 fully saturated rings. The van der Waals surface area contributed by atoms with Gasteiger partial charge in [-0.2, -0.15) is 0 Å². The molecule has 19 heavy (non-hydrogen) atoms. The van der Waals surface area contributed by atoms with Crippen molar-refractivity contribution in [1.29, 1.82) is 0 Å². The molecular formula is C13H22N2O4. The summed E-state index contributed by atoms with van der Waals surface area (Å²) in [5.41, 5.74) is 0. The molecule has 2 rings (SSSR count). The highest BCUT2D eigenvalue weighted by Gasteiger charge is 2.31. The van der Waals surface area contributed by atoms with Gasteiger partial charge in [0, 0.05) is 19.6 Å². The minimum absolute atomic E-state index is 0.0724. The van der Waals surface area contributed by atoms with Crippen molar-refractivity contribution in [2.45, 2.75) is 44.8 Å². The number of aliphatic carboxylic acids is 1. The highest BCUT2D eigenvalue weighted by Crippen LogP contribution is 2.29. The van der Waals surface area contributed by atoms with Crippen LogP contribution in [-0.4, -0.2) is 53.8 Å². The van der Waals surface area contributed by atoms with E-state index in [0.29, 0.717) is 31.8 Å². The van der Waals surface area contributed by atoms with Crippen molar-refractivity contribution in [3.63, 3.8) is 0 Å². The van der Waals surface area contributed by atoms with Gasteiger partial charge in [-0.3, -0.25) is 0 Å². The van der Waals surface area contributed by atoms with Crippen molar-refractivity contribution in [2.24, 2.45) is 5.92 Å². The molecule has 2 aliphatic rings. The van der Waals surface area contributed by atoms with Crippen LogP contribution in [0.15, 0.2) is 0 Å². The SMILES string of the molecule is CCN(CC1CC1)C(=O)NCC1CCC(C(=O)O)O1. The summed E-state index contributed by atoms with van der Waals surface area (Å²) in [6, 6.07) is -0.0724. The second-order valence-electron chi connectivity index (χ2n) is 5.33. The normalized spacial score (nSPS) is 26.2. The number of rotatable bonds is 6. The summed E-state index contributed by atoms with van der Waals surface area (Å²) in [5.74, 6) is -0.248. The Labute approximate surface area is 113 Å². The van der Waals surface area contributed by atoms with Crippen LogP contribution in [0.5, 0.6) is 0 Å². The fraction of sp³-hybridized carbons (Fsp3) is 0.846. The quantitative estimate of drug-likeness (QED) is 0.756. The van der Waals surface area contributed by atoms with Crippen molar-refractivity contribution >= 4 is 12.0 Å². The third-order valence-corrected chi connectivity index (χ3v) is 3.71. The van der Waals surface area contributed by atoms with E-state index >= 15 is 0 Å². The van der Waals surface area contributed by atoms with E-state index in [-0.39, 0.29) is 12.1 Å². The van der Waals surface area contributed by atoms with Gasteiger partial charge in [-0.1, -0.05) is 0 Å². The molecule has 0 aromatic heterocycles. The molecular weight excluding hydrogens is 248 g/mol. The van der Waals surface area contributed by atoms with Crippen molar-refractivity contribution < 1.29 is 19.4 Å². The van der Waals surface area contributed by atoms with Gasteiger partial charge < -0.3 is 20.1 Å². The molecule has 108 valence electrons. The first-order chi connectivity index (χ1) is 9.10. The predicted molar refractivity (Wildman–Crippen MR) is 68.9 cm³/mol. The topological polar surface area (TPSA) is 78.9 Å². The van der Waals surface area contributed by atoms with E-state index in [2.05, 4.69) is 5.32 Å². The lowest BCUT2D eigenvalue weighted by Gasteiger charge is -2.22. The molecule has 1 heterocycles. The summed E-state index contributed by atoms with van der Waals surface area (Å²) in [6.07, 6.45) is 2.76. The smallest absolute Gasteiger partial charge is 0.332 e. The Bertz CT molecular complexity index is 344. The van der Waals surface area contributed by atoms with Crippen LogP contribution in [-0.2, 0) is 9.53 Å². The Morgan fingerprint density at radius 3 is 2.58 bits per heavy atom. The average molecular weight is 270 g/mol. The second kappa shape index (κ2) is 6.23. The number of urea groups is 1. The molecule has 1 saturated heterocycles. The number of hydrogen-bond donors (Lipinski definition) is 2. The lowest BCUT2D eigenvalue weighted by atomic mass is 10.2. The van der Waals surface area contributed by atoms with Gasteiger partial charge in [0.2, 0.25) is 0 Å². The van der Waals surface area contributed by atoms with E-state index < -0.39 is 12.1 Å². The van der Waals surface area contributed by atoms with E-state index in [1.165, 1.54) is 12.8 Å². The number of hydrogen-bond acceptors (Lipinski definition) is 3. The van der Waals surface area contributed by atoms with Crippen molar-refractivity contribution in [2.75, 3.05) is 19.6 Å². The van der Waals surface area contributed by atoms with Crippen LogP contribution in [0, 0.1) is 5.92 Å². The molecule has 0 aromatic rings. The van der Waals surface area contributed by atoms with Gasteiger partial charge in [-0.25, -0.2) is 9.59 Å². The summed E-state index contributed by atoms with van der Waals surface area (Å²) in [4.78, 5) is 24.5. The van der Waals surface area contributed by atoms with Crippen LogP contribution >= 0.6 is 0 Å². The Morgan fingerprint density at radius 2 is 2.05 bits per heavy atom. The summed E-state index contributed by atoms with van der Waals surface area (Å²) >= 11 is 0. The number of carbonyl (C=O) groups excluding carboxylic acids is 1. The molecule has 2 unspecified atom stereocenters. The maximum Gasteiger partial charge on any atom is 0.332 e. The minimum atomic E-state index is -0.919. The number of carboxylic acids is 1. The third kappa shape index (κ3) is 4.09. The van der Waals surface area contributed by atoms with E-state index in [1.807, 2.05) is 6.92 Å². The summed E-state index contributed by atoms with van der Waals surface area (Å²) in [6.45, 7) is 3.88. The first-order valence-electron chi connectivity index (χ1n) is 7.01. The van der Waals surface area contributed by atoms with Crippen molar-refractivity contribution in [1.82, 2.24) is 10.2 Å². The standard InChI is InChI=1S/C13H22N2O4/c1-2-15(8-9-3-4-9)13(18)14-7-10-5-6-11(19-10)12(16)17/h9-11H,2-8H2,1H3,(H,14,18)(H,16,17). The maximum atomic E-state index is 12.0. The maximum absolute atomic E-state index is 12.0. The molecule has 1 saturated carbocycles. The van der Waals surface area contributed by atoms with Crippen LogP contribution < -0.4 is 5.32 Å². The summed E-state index contributed by atoms with van der Waals surface area (Å²) in [7, 11) is 0. The predicted octanol–water partition coefficient (Wildman–Crippen LogP) is 1.06. The molecule has 2 N–H and O–H groups in total. The summed E-state index contributed by atoms with van der Waals surface area (Å²) in [5, 5.41) is 11.7. The molecule has 2 atom stereocenters. The largest absolute Gasteiger partial charge is 0.479 e. The molecule has 6 nitrogen and oxygen atoms in total. The number of ether oxygens (including phenoxy) is 1. The summed E-state index contributed by atoms with van der Waals surface area (Å²) < 4.78 is 5.35. The van der Waals surface area contributed by atoms with E-state index in [1.54, 1.807) is 4.90 Å². The molecule has 6 heteroatoms. The van der Waals surface area contributed by atoms with Gasteiger partial charge in [0.05, 0.1) is 6.10 Å². The van der Waals surface area contributed by atoms with Crippen LogP contribution in [0.4, 0.5) is 4.79 Å². The number of amides is 2. The molecule has 2 amide bonds. The molecule has 1 aliphatic carbocycles. The van der Waals surface area contributed by atoms with Gasteiger partial charge in [0.1, 0.15) is 0 Å². The number of nitrogens with one attached hydrogen (secondary N) is 1. The molecule has 1 aliphatic heterocycles. The Morgan fingerprint density at radius 1 is 1.32 bits per heavy atom. The first kappa shape index (κ1) is 14.1. The molecule has 0 radical (unpaired) electrons. The Balaban J connectivity index is 1.69. The monoisotopic (exact) mass is 270 g/mol. The van der Waals surface area contributed by atoms with Gasteiger partial charge in [0.25, 0.3) is 0 Å². The zero-order valence-electron chi connectivity index (χ0n) is 11.3. The third-order valence-electron chi connectivity index (χ3n) is 3.71. The Hall–Kier alpha value is -1.30. The second-order valence-corrected chi connectivity index (χ2v) is 5.33. The molecule has 0 bridgehead atoms. The minimum Gasteiger partial charge on any atom is -0.479 e. The lowest BCUT2D eigenvalue weighted by Crippen LogP contribution is -2.43. The van der Waals surface area contributed by atoms with E-state index in [0.717, 1.165) is 6.54 Å². The average Bonchev–Trinajstić information content (AvgIpc) is 3.07.